The lowest BCUT2D eigenvalue weighted by Crippen LogP contribution is -2.01. The number of thioether (sulfide) groups is 1. The van der Waals surface area contributed by atoms with Gasteiger partial charge in [-0.1, -0.05) is 67.8 Å². The summed E-state index contributed by atoms with van der Waals surface area (Å²) in [6.07, 6.45) is 7.20. The second kappa shape index (κ2) is 9.29. The van der Waals surface area contributed by atoms with Crippen molar-refractivity contribution in [1.82, 2.24) is 0 Å². The minimum Gasteiger partial charge on any atom is -0.160 e. The highest BCUT2D eigenvalue weighted by Crippen LogP contribution is 2.30. The van der Waals surface area contributed by atoms with Crippen molar-refractivity contribution in [2.24, 2.45) is 0 Å². The standard InChI is InChI=1S/C15H21F3S/c16-15(17,18)19-13-9-4-2-1-3-6-10-14-11-7-5-8-12-14/h5,7-8,11-12H,1-4,6,9-10,13H2. The molecule has 0 saturated carbocycles. The first-order valence-electron chi connectivity index (χ1n) is 6.82. The molecular weight excluding hydrogens is 269 g/mol. The smallest absolute Gasteiger partial charge is 0.160 e. The van der Waals surface area contributed by atoms with Gasteiger partial charge in [0.2, 0.25) is 0 Å². The Balaban J connectivity index is 1.87. The van der Waals surface area contributed by atoms with Gasteiger partial charge in [-0.15, -0.1) is 0 Å². The lowest BCUT2D eigenvalue weighted by atomic mass is 10.1. The summed E-state index contributed by atoms with van der Waals surface area (Å²) in [4.78, 5) is 0. The van der Waals surface area contributed by atoms with E-state index in [1.54, 1.807) is 0 Å². The van der Waals surface area contributed by atoms with Crippen molar-refractivity contribution in [3.05, 3.63) is 35.9 Å². The Kier molecular flexibility index (Phi) is 8.03. The van der Waals surface area contributed by atoms with Crippen molar-refractivity contribution in [1.29, 1.82) is 0 Å². The number of rotatable bonds is 9. The van der Waals surface area contributed by atoms with Crippen LogP contribution in [-0.4, -0.2) is 11.3 Å². The number of benzene rings is 1. The quantitative estimate of drug-likeness (QED) is 0.516. The van der Waals surface area contributed by atoms with Gasteiger partial charge in [-0.05, 0) is 24.8 Å². The molecule has 0 spiro atoms. The number of hydrogen-bond donors (Lipinski definition) is 0. The molecule has 0 nitrogen and oxygen atoms in total. The van der Waals surface area contributed by atoms with Crippen LogP contribution in [0.4, 0.5) is 13.2 Å². The topological polar surface area (TPSA) is 0 Å². The second-order valence-corrected chi connectivity index (χ2v) is 5.81. The van der Waals surface area contributed by atoms with Gasteiger partial charge in [0, 0.05) is 5.75 Å². The van der Waals surface area contributed by atoms with Crippen molar-refractivity contribution < 1.29 is 13.2 Å². The maximum Gasteiger partial charge on any atom is 0.441 e. The number of halogens is 3. The first-order chi connectivity index (χ1) is 9.08. The van der Waals surface area contributed by atoms with Gasteiger partial charge in [0.25, 0.3) is 0 Å². The summed E-state index contributed by atoms with van der Waals surface area (Å²) < 4.78 is 35.6. The van der Waals surface area contributed by atoms with Gasteiger partial charge in [-0.25, -0.2) is 0 Å². The molecule has 0 amide bonds. The summed E-state index contributed by atoms with van der Waals surface area (Å²) in [5.74, 6) is 0.202. The molecule has 19 heavy (non-hydrogen) atoms. The largest absolute Gasteiger partial charge is 0.441 e. The zero-order valence-electron chi connectivity index (χ0n) is 11.1. The van der Waals surface area contributed by atoms with Gasteiger partial charge in [0.15, 0.2) is 0 Å². The first kappa shape index (κ1) is 16.4. The molecule has 0 aromatic heterocycles. The zero-order valence-corrected chi connectivity index (χ0v) is 11.9. The minimum absolute atomic E-state index is 0.0991. The van der Waals surface area contributed by atoms with Crippen molar-refractivity contribution in [3.63, 3.8) is 0 Å². The third kappa shape index (κ3) is 9.88. The summed E-state index contributed by atoms with van der Waals surface area (Å²) >= 11 is 0.0991. The highest BCUT2D eigenvalue weighted by molar-refractivity contribution is 8.00. The third-order valence-electron chi connectivity index (χ3n) is 2.97. The molecule has 0 aliphatic heterocycles. The Hall–Kier alpha value is -0.640. The highest BCUT2D eigenvalue weighted by atomic mass is 32.2. The molecule has 0 bridgehead atoms. The molecule has 108 valence electrons. The van der Waals surface area contributed by atoms with Crippen LogP contribution in [0.3, 0.4) is 0 Å². The molecule has 0 saturated heterocycles. The summed E-state index contributed by atoms with van der Waals surface area (Å²) in [5, 5.41) is 0. The SMILES string of the molecule is FC(F)(F)SCCCCCCCCc1ccccc1. The molecule has 0 fully saturated rings. The van der Waals surface area contributed by atoms with E-state index < -0.39 is 5.51 Å². The monoisotopic (exact) mass is 290 g/mol. The Bertz CT molecular complexity index is 322. The molecule has 0 atom stereocenters. The normalized spacial score (nSPS) is 11.7. The highest BCUT2D eigenvalue weighted by Gasteiger charge is 2.27. The molecule has 0 aliphatic carbocycles. The van der Waals surface area contributed by atoms with Gasteiger partial charge < -0.3 is 0 Å². The van der Waals surface area contributed by atoms with Crippen LogP contribution in [0.25, 0.3) is 0 Å². The van der Waals surface area contributed by atoms with Crippen LogP contribution in [0.2, 0.25) is 0 Å². The van der Waals surface area contributed by atoms with Crippen LogP contribution in [0.15, 0.2) is 30.3 Å². The molecule has 4 heteroatoms. The first-order valence-corrected chi connectivity index (χ1v) is 7.81. The predicted molar refractivity (Wildman–Crippen MR) is 76.4 cm³/mol. The van der Waals surface area contributed by atoms with Crippen molar-refractivity contribution in [3.8, 4) is 0 Å². The van der Waals surface area contributed by atoms with Gasteiger partial charge >= 0.3 is 5.51 Å². The van der Waals surface area contributed by atoms with Gasteiger partial charge in [0.1, 0.15) is 0 Å². The molecule has 1 aromatic rings. The maximum absolute atomic E-state index is 11.9. The average Bonchev–Trinajstić information content (AvgIpc) is 2.37. The van der Waals surface area contributed by atoms with Crippen molar-refractivity contribution in [2.75, 3.05) is 5.75 Å². The van der Waals surface area contributed by atoms with E-state index in [2.05, 4.69) is 12.1 Å². The average molecular weight is 290 g/mol. The Morgan fingerprint density at radius 1 is 0.789 bits per heavy atom. The fraction of sp³-hybridized carbons (Fsp3) is 0.600. The van der Waals surface area contributed by atoms with Crippen LogP contribution in [0, 0.1) is 0 Å². The summed E-state index contributed by atoms with van der Waals surface area (Å²) in [6.45, 7) is 0. The zero-order chi connectivity index (χ0) is 14.0. The Morgan fingerprint density at radius 3 is 2.00 bits per heavy atom. The lowest BCUT2D eigenvalue weighted by Gasteiger charge is -2.05. The maximum atomic E-state index is 11.9. The van der Waals surface area contributed by atoms with E-state index in [-0.39, 0.29) is 17.5 Å². The fourth-order valence-corrected chi connectivity index (χ4v) is 2.55. The predicted octanol–water partition coefficient (Wildman–Crippen LogP) is 5.82. The molecule has 0 heterocycles. The van der Waals surface area contributed by atoms with Crippen LogP contribution in [0.1, 0.15) is 44.1 Å². The van der Waals surface area contributed by atoms with Gasteiger partial charge in [-0.2, -0.15) is 13.2 Å². The van der Waals surface area contributed by atoms with E-state index in [1.807, 2.05) is 18.2 Å². The van der Waals surface area contributed by atoms with E-state index >= 15 is 0 Å². The third-order valence-corrected chi connectivity index (χ3v) is 3.79. The number of aryl methyl sites for hydroxylation is 1. The minimum atomic E-state index is -4.06. The molecule has 1 aromatic carbocycles. The lowest BCUT2D eigenvalue weighted by molar-refractivity contribution is -0.0328. The fourth-order valence-electron chi connectivity index (χ4n) is 1.97. The van der Waals surface area contributed by atoms with Crippen LogP contribution in [0.5, 0.6) is 0 Å². The molecule has 1 rings (SSSR count). The van der Waals surface area contributed by atoms with Gasteiger partial charge in [-0.3, -0.25) is 0 Å². The molecule has 0 unspecified atom stereocenters. The van der Waals surface area contributed by atoms with E-state index in [0.717, 1.165) is 25.7 Å². The number of alkyl halides is 3. The molecule has 0 radical (unpaired) electrons. The molecule has 0 N–H and O–H groups in total. The van der Waals surface area contributed by atoms with Crippen LogP contribution >= 0.6 is 11.8 Å². The van der Waals surface area contributed by atoms with Crippen molar-refractivity contribution in [2.45, 2.75) is 50.5 Å². The van der Waals surface area contributed by atoms with E-state index in [1.165, 1.54) is 18.4 Å². The van der Waals surface area contributed by atoms with Crippen LogP contribution < -0.4 is 0 Å². The van der Waals surface area contributed by atoms with E-state index in [0.29, 0.717) is 6.42 Å². The molecular formula is C15H21F3S. The Labute approximate surface area is 117 Å². The summed E-state index contributed by atoms with van der Waals surface area (Å²) in [6, 6.07) is 10.4. The van der Waals surface area contributed by atoms with Crippen molar-refractivity contribution >= 4 is 11.8 Å². The van der Waals surface area contributed by atoms with Crippen LogP contribution in [-0.2, 0) is 6.42 Å². The molecule has 0 aliphatic rings. The van der Waals surface area contributed by atoms with E-state index in [4.69, 9.17) is 0 Å². The number of unbranched alkanes of at least 4 members (excludes halogenated alkanes) is 5. The van der Waals surface area contributed by atoms with E-state index in [9.17, 15) is 13.2 Å². The summed E-state index contributed by atoms with van der Waals surface area (Å²) in [7, 11) is 0. The summed E-state index contributed by atoms with van der Waals surface area (Å²) in [5.41, 5.74) is -2.69. The Morgan fingerprint density at radius 2 is 1.37 bits per heavy atom. The second-order valence-electron chi connectivity index (χ2n) is 4.65. The van der Waals surface area contributed by atoms with Gasteiger partial charge in [0.05, 0.1) is 0 Å². The number of hydrogen-bond acceptors (Lipinski definition) is 1.